The van der Waals surface area contributed by atoms with Crippen LogP contribution in [0.2, 0.25) is 0 Å². The van der Waals surface area contributed by atoms with Crippen LogP contribution in [0.1, 0.15) is 53.0 Å². The predicted molar refractivity (Wildman–Crippen MR) is 152 cm³/mol. The molecule has 0 aliphatic heterocycles. The molecular formula is C30H28N6O2S. The highest BCUT2D eigenvalue weighted by Gasteiger charge is 2.35. The number of anilines is 1. The van der Waals surface area contributed by atoms with Crippen LogP contribution >= 0.6 is 11.3 Å². The fourth-order valence-electron chi connectivity index (χ4n) is 4.20. The Labute approximate surface area is 231 Å². The molecule has 1 atom stereocenters. The van der Waals surface area contributed by atoms with E-state index in [0.717, 1.165) is 16.7 Å². The largest absolute Gasteiger partial charge is 0.343 e. The van der Waals surface area contributed by atoms with E-state index < -0.39 is 11.3 Å². The number of hydrogen-bond acceptors (Lipinski definition) is 7. The summed E-state index contributed by atoms with van der Waals surface area (Å²) in [6, 6.07) is 19.0. The third-order valence-electron chi connectivity index (χ3n) is 6.74. The van der Waals surface area contributed by atoms with Crippen molar-refractivity contribution in [1.29, 1.82) is 10.5 Å². The number of nitrogens with two attached hydrogens (primary N) is 1. The second-order valence-electron chi connectivity index (χ2n) is 9.94. The summed E-state index contributed by atoms with van der Waals surface area (Å²) in [6.07, 6.45) is 5.92. The van der Waals surface area contributed by atoms with Gasteiger partial charge in [-0.1, -0.05) is 56.3 Å². The van der Waals surface area contributed by atoms with Gasteiger partial charge in [-0.3, -0.25) is 9.59 Å². The van der Waals surface area contributed by atoms with E-state index in [4.69, 9.17) is 5.73 Å². The van der Waals surface area contributed by atoms with Gasteiger partial charge in [-0.05, 0) is 41.0 Å². The van der Waals surface area contributed by atoms with Crippen LogP contribution in [0, 0.1) is 22.7 Å². The van der Waals surface area contributed by atoms with E-state index in [9.17, 15) is 20.1 Å². The van der Waals surface area contributed by atoms with E-state index in [-0.39, 0.29) is 17.9 Å². The number of rotatable bonds is 8. The Kier molecular flexibility index (Phi) is 8.06. The van der Waals surface area contributed by atoms with Gasteiger partial charge in [0.1, 0.15) is 5.41 Å². The van der Waals surface area contributed by atoms with E-state index in [0.29, 0.717) is 34.9 Å². The van der Waals surface area contributed by atoms with E-state index in [2.05, 4.69) is 27.8 Å². The molecule has 0 saturated carbocycles. The standard InChI is InChI=1S/C30H28N6O2S/c1-29(2,18-32)24-10-4-8-22(13-24)27(38)34-16-26(37)36-28-35-25(17-39-28)30(19-33)11-5-9-23(14-30)21-7-3-6-20(12-21)15-31/h3-13,17H,14,16,18,32H2,1-2H3,(H,34,38)(H,35,36,37). The van der Waals surface area contributed by atoms with Crippen LogP contribution in [0.25, 0.3) is 5.57 Å². The molecular weight excluding hydrogens is 508 g/mol. The summed E-state index contributed by atoms with van der Waals surface area (Å²) in [5.74, 6) is -0.794. The summed E-state index contributed by atoms with van der Waals surface area (Å²) >= 11 is 1.21. The highest BCUT2D eigenvalue weighted by molar-refractivity contribution is 7.14. The number of allylic oxidation sites excluding steroid dienone is 4. The molecule has 39 heavy (non-hydrogen) atoms. The van der Waals surface area contributed by atoms with Crippen molar-refractivity contribution in [2.24, 2.45) is 5.73 Å². The predicted octanol–water partition coefficient (Wildman–Crippen LogP) is 4.42. The zero-order chi connectivity index (χ0) is 28.0. The van der Waals surface area contributed by atoms with Crippen molar-refractivity contribution in [3.63, 3.8) is 0 Å². The molecule has 1 unspecified atom stereocenters. The van der Waals surface area contributed by atoms with Gasteiger partial charge in [-0.25, -0.2) is 4.98 Å². The van der Waals surface area contributed by atoms with Crippen molar-refractivity contribution in [2.75, 3.05) is 18.4 Å². The summed E-state index contributed by atoms with van der Waals surface area (Å²) < 4.78 is 0. The first-order valence-electron chi connectivity index (χ1n) is 12.3. The summed E-state index contributed by atoms with van der Waals surface area (Å²) in [6.45, 7) is 4.21. The fourth-order valence-corrected chi connectivity index (χ4v) is 5.02. The van der Waals surface area contributed by atoms with Gasteiger partial charge in [0.05, 0.1) is 29.9 Å². The van der Waals surface area contributed by atoms with Gasteiger partial charge < -0.3 is 16.4 Å². The average Bonchev–Trinajstić information content (AvgIpc) is 3.45. The maximum atomic E-state index is 12.6. The molecule has 4 N–H and O–H groups in total. The molecule has 2 amide bonds. The molecule has 2 aromatic carbocycles. The summed E-state index contributed by atoms with van der Waals surface area (Å²) in [5.41, 5.74) is 8.80. The van der Waals surface area contributed by atoms with Crippen LogP contribution in [0.3, 0.4) is 0 Å². The number of carbonyl (C=O) groups is 2. The summed E-state index contributed by atoms with van der Waals surface area (Å²) in [5, 5.41) is 26.8. The Balaban J connectivity index is 1.40. The third-order valence-corrected chi connectivity index (χ3v) is 7.50. The van der Waals surface area contributed by atoms with Crippen molar-refractivity contribution in [3.05, 3.63) is 100 Å². The first kappa shape index (κ1) is 27.5. The Hall–Kier alpha value is -4.57. The van der Waals surface area contributed by atoms with Crippen LogP contribution in [0.15, 0.2) is 72.1 Å². The number of nitrogens with zero attached hydrogens (tertiary/aromatic N) is 3. The SMILES string of the molecule is CC(C)(CN)c1cccc(C(=O)NCC(=O)Nc2nc(C3(C#N)C=CC=C(c4cccc(C#N)c4)C3)cs2)c1. The minimum atomic E-state index is -1.01. The zero-order valence-corrected chi connectivity index (χ0v) is 22.5. The summed E-state index contributed by atoms with van der Waals surface area (Å²) in [7, 11) is 0. The van der Waals surface area contributed by atoms with Crippen molar-refractivity contribution in [3.8, 4) is 12.1 Å². The third kappa shape index (κ3) is 6.12. The average molecular weight is 537 g/mol. The molecule has 8 nitrogen and oxygen atoms in total. The number of nitrogens with one attached hydrogen (secondary N) is 2. The molecule has 0 saturated heterocycles. The lowest BCUT2D eigenvalue weighted by Gasteiger charge is -2.25. The van der Waals surface area contributed by atoms with Gasteiger partial charge in [-0.15, -0.1) is 11.3 Å². The molecule has 0 spiro atoms. The second kappa shape index (κ2) is 11.4. The Morgan fingerprint density at radius 1 is 1.18 bits per heavy atom. The second-order valence-corrected chi connectivity index (χ2v) is 10.8. The Morgan fingerprint density at radius 3 is 2.72 bits per heavy atom. The van der Waals surface area contributed by atoms with Crippen molar-refractivity contribution >= 4 is 33.9 Å². The topological polar surface area (TPSA) is 145 Å². The number of nitriles is 2. The number of thiazole rings is 1. The van der Waals surface area contributed by atoms with Crippen LogP contribution in [-0.4, -0.2) is 29.9 Å². The van der Waals surface area contributed by atoms with E-state index in [1.807, 2.05) is 44.2 Å². The van der Waals surface area contributed by atoms with E-state index in [1.165, 1.54) is 11.3 Å². The van der Waals surface area contributed by atoms with Crippen molar-refractivity contribution in [1.82, 2.24) is 10.3 Å². The smallest absolute Gasteiger partial charge is 0.251 e. The van der Waals surface area contributed by atoms with Crippen molar-refractivity contribution < 1.29 is 9.59 Å². The van der Waals surface area contributed by atoms with Crippen molar-refractivity contribution in [2.45, 2.75) is 31.1 Å². The Bertz CT molecular complexity index is 1560. The lowest BCUT2D eigenvalue weighted by Crippen LogP contribution is -2.33. The lowest BCUT2D eigenvalue weighted by molar-refractivity contribution is -0.115. The number of hydrogen-bond donors (Lipinski definition) is 3. The normalized spacial score (nSPS) is 16.5. The van der Waals surface area contributed by atoms with Gasteiger partial charge in [0.2, 0.25) is 5.91 Å². The molecule has 4 rings (SSSR count). The lowest BCUT2D eigenvalue weighted by atomic mass is 9.75. The highest BCUT2D eigenvalue weighted by Crippen LogP contribution is 2.40. The molecule has 0 fully saturated rings. The van der Waals surface area contributed by atoms with Crippen LogP contribution in [0.4, 0.5) is 5.13 Å². The van der Waals surface area contributed by atoms with Crippen LogP contribution in [-0.2, 0) is 15.6 Å². The van der Waals surface area contributed by atoms with Gasteiger partial charge in [0, 0.05) is 29.3 Å². The molecule has 1 aliphatic carbocycles. The highest BCUT2D eigenvalue weighted by atomic mass is 32.1. The molecule has 1 aliphatic rings. The van der Waals surface area contributed by atoms with Gasteiger partial charge in [-0.2, -0.15) is 10.5 Å². The molecule has 1 aromatic heterocycles. The molecule has 3 aromatic rings. The summed E-state index contributed by atoms with van der Waals surface area (Å²) in [4.78, 5) is 29.7. The molecule has 196 valence electrons. The minimum absolute atomic E-state index is 0.232. The first-order valence-corrected chi connectivity index (χ1v) is 13.2. The van der Waals surface area contributed by atoms with Gasteiger partial charge >= 0.3 is 0 Å². The maximum absolute atomic E-state index is 12.6. The quantitative estimate of drug-likeness (QED) is 0.389. The van der Waals surface area contributed by atoms with Crippen LogP contribution < -0.4 is 16.4 Å². The molecule has 0 radical (unpaired) electrons. The monoisotopic (exact) mass is 536 g/mol. The molecule has 9 heteroatoms. The van der Waals surface area contributed by atoms with Gasteiger partial charge in [0.25, 0.3) is 5.91 Å². The zero-order valence-electron chi connectivity index (χ0n) is 21.7. The molecule has 1 heterocycles. The molecule has 0 bridgehead atoms. The number of aromatic nitrogens is 1. The van der Waals surface area contributed by atoms with E-state index in [1.54, 1.807) is 41.8 Å². The Morgan fingerprint density at radius 2 is 1.97 bits per heavy atom. The number of carbonyl (C=O) groups excluding carboxylic acids is 2. The maximum Gasteiger partial charge on any atom is 0.251 e. The minimum Gasteiger partial charge on any atom is -0.343 e. The van der Waals surface area contributed by atoms with Crippen LogP contribution in [0.5, 0.6) is 0 Å². The number of amides is 2. The number of benzene rings is 2. The van der Waals surface area contributed by atoms with E-state index >= 15 is 0 Å². The first-order chi connectivity index (χ1) is 18.7. The van der Waals surface area contributed by atoms with Gasteiger partial charge in [0.15, 0.2) is 5.13 Å². The fraction of sp³-hybridized carbons (Fsp3) is 0.233.